The van der Waals surface area contributed by atoms with Crippen molar-refractivity contribution in [1.82, 2.24) is 15.3 Å². The first-order chi connectivity index (χ1) is 16.2. The first-order valence-corrected chi connectivity index (χ1v) is 11.1. The van der Waals surface area contributed by atoms with Gasteiger partial charge in [0.25, 0.3) is 5.69 Å². The van der Waals surface area contributed by atoms with Gasteiger partial charge in [-0.2, -0.15) is 4.98 Å². The molecule has 11 nitrogen and oxygen atoms in total. The first kappa shape index (κ1) is 23.8. The van der Waals surface area contributed by atoms with Crippen LogP contribution in [0.3, 0.4) is 0 Å². The number of aromatic nitrogens is 2. The van der Waals surface area contributed by atoms with Gasteiger partial charge in [-0.25, -0.2) is 9.37 Å². The summed E-state index contributed by atoms with van der Waals surface area (Å²) >= 11 is 5.79. The van der Waals surface area contributed by atoms with E-state index in [2.05, 4.69) is 25.9 Å². The summed E-state index contributed by atoms with van der Waals surface area (Å²) in [5.74, 6) is -1.82. The number of nitrogens with two attached hydrogens (primary N) is 1. The smallest absolute Gasteiger partial charge is 0.271 e. The molecule has 2 aliphatic rings. The largest absolute Gasteiger partial charge is 0.369 e. The van der Waals surface area contributed by atoms with E-state index in [1.807, 2.05) is 0 Å². The zero-order valence-corrected chi connectivity index (χ0v) is 18.7. The summed E-state index contributed by atoms with van der Waals surface area (Å²) in [5.41, 5.74) is 5.86. The van der Waals surface area contributed by atoms with Gasteiger partial charge < -0.3 is 21.7 Å². The van der Waals surface area contributed by atoms with Crippen LogP contribution in [0.5, 0.6) is 0 Å². The molecule has 2 saturated carbocycles. The monoisotopic (exact) mass is 491 g/mol. The summed E-state index contributed by atoms with van der Waals surface area (Å²) in [6.07, 6.45) is 2.46. The molecular weight excluding hydrogens is 469 g/mol. The number of rotatable bonds is 9. The Morgan fingerprint density at radius 1 is 1.32 bits per heavy atom. The number of nitro benzene ring substituents is 1. The number of benzene rings is 1. The maximum Gasteiger partial charge on any atom is 0.271 e. The number of anilines is 2. The van der Waals surface area contributed by atoms with Gasteiger partial charge in [-0.1, -0.05) is 6.07 Å². The number of non-ortho nitro benzene ring substituents is 1. The lowest BCUT2D eigenvalue weighted by atomic mass is 9.77. The van der Waals surface area contributed by atoms with E-state index in [-0.39, 0.29) is 47.0 Å². The van der Waals surface area contributed by atoms with Crippen molar-refractivity contribution in [3.63, 3.8) is 0 Å². The molecule has 1 aromatic carbocycles. The van der Waals surface area contributed by atoms with E-state index in [9.17, 15) is 24.1 Å². The Morgan fingerprint density at radius 2 is 2.12 bits per heavy atom. The van der Waals surface area contributed by atoms with Gasteiger partial charge in [0.05, 0.1) is 23.6 Å². The van der Waals surface area contributed by atoms with E-state index >= 15 is 0 Å². The van der Waals surface area contributed by atoms with Gasteiger partial charge in [0.15, 0.2) is 11.6 Å². The van der Waals surface area contributed by atoms with Crippen molar-refractivity contribution in [3.05, 3.63) is 51.7 Å². The minimum Gasteiger partial charge on any atom is -0.369 e. The summed E-state index contributed by atoms with van der Waals surface area (Å²) in [7, 11) is 0. The van der Waals surface area contributed by atoms with Crippen molar-refractivity contribution in [3.8, 4) is 0 Å². The number of primary amides is 1. The molecule has 13 heteroatoms. The third-order valence-electron chi connectivity index (χ3n) is 6.52. The van der Waals surface area contributed by atoms with Crippen LogP contribution in [0.1, 0.15) is 12.8 Å². The number of hydrogen-bond acceptors (Lipinski definition) is 8. The molecule has 4 rings (SSSR count). The zero-order chi connectivity index (χ0) is 24.4. The molecule has 2 aromatic rings. The van der Waals surface area contributed by atoms with E-state index < -0.39 is 28.6 Å². The number of amides is 2. The molecule has 1 aromatic heterocycles. The second-order valence-corrected chi connectivity index (χ2v) is 8.91. The summed E-state index contributed by atoms with van der Waals surface area (Å²) in [6.45, 7) is 0.504. The predicted octanol–water partition coefficient (Wildman–Crippen LogP) is 1.94. The summed E-state index contributed by atoms with van der Waals surface area (Å²) in [5, 5.41) is 19.5. The van der Waals surface area contributed by atoms with Crippen LogP contribution in [0.15, 0.2) is 30.5 Å². The number of fused-ring (bicyclic) bond motifs is 2. The van der Waals surface area contributed by atoms with Crippen molar-refractivity contribution in [2.75, 3.05) is 23.7 Å². The third kappa shape index (κ3) is 5.07. The molecular formula is C21H23ClFN7O4. The fraction of sp³-hybridized carbons (Fsp3) is 0.429. The Labute approximate surface area is 198 Å². The van der Waals surface area contributed by atoms with Crippen LogP contribution >= 0.6 is 11.6 Å². The van der Waals surface area contributed by atoms with Gasteiger partial charge in [-0.05, 0) is 54.8 Å². The molecule has 5 atom stereocenters. The number of nitrogens with zero attached hydrogens (tertiary/aromatic N) is 3. The molecule has 0 spiro atoms. The zero-order valence-electron chi connectivity index (χ0n) is 17.9. The van der Waals surface area contributed by atoms with Crippen molar-refractivity contribution < 1.29 is 18.9 Å². The fourth-order valence-electron chi connectivity index (χ4n) is 5.21. The van der Waals surface area contributed by atoms with Crippen LogP contribution < -0.4 is 21.7 Å². The van der Waals surface area contributed by atoms with E-state index in [1.54, 1.807) is 6.07 Å². The number of hydrogen-bond donors (Lipinski definition) is 4. The molecule has 2 aliphatic carbocycles. The second-order valence-electron chi connectivity index (χ2n) is 8.58. The van der Waals surface area contributed by atoms with Crippen LogP contribution in [-0.2, 0) is 9.59 Å². The van der Waals surface area contributed by atoms with Gasteiger partial charge in [0.2, 0.25) is 17.1 Å². The quantitative estimate of drug-likeness (QED) is 0.234. The molecule has 34 heavy (non-hydrogen) atoms. The van der Waals surface area contributed by atoms with Gasteiger partial charge in [0, 0.05) is 23.9 Å². The van der Waals surface area contributed by atoms with Crippen molar-refractivity contribution in [1.29, 1.82) is 0 Å². The highest BCUT2D eigenvalue weighted by Gasteiger charge is 2.54. The number of nitro groups is 1. The predicted molar refractivity (Wildman–Crippen MR) is 121 cm³/mol. The number of carbonyl (C=O) groups excluding carboxylic acids is 2. The van der Waals surface area contributed by atoms with Crippen LogP contribution in [-0.4, -0.2) is 45.8 Å². The normalized spacial score (nSPS) is 25.2. The van der Waals surface area contributed by atoms with Crippen LogP contribution in [0.25, 0.3) is 0 Å². The Hall–Kier alpha value is -3.38. The molecule has 0 saturated heterocycles. The molecule has 2 amide bonds. The highest BCUT2D eigenvalue weighted by Crippen LogP contribution is 2.52. The maximum atomic E-state index is 14.2. The lowest BCUT2D eigenvalue weighted by molar-refractivity contribution is -0.384. The van der Waals surface area contributed by atoms with Gasteiger partial charge in [-0.3, -0.25) is 19.7 Å². The van der Waals surface area contributed by atoms with Crippen molar-refractivity contribution in [2.24, 2.45) is 29.4 Å². The van der Waals surface area contributed by atoms with E-state index in [0.29, 0.717) is 12.2 Å². The number of nitrogens with one attached hydrogen (secondary N) is 3. The Morgan fingerprint density at radius 3 is 2.85 bits per heavy atom. The molecule has 1 heterocycles. The molecule has 180 valence electrons. The highest BCUT2D eigenvalue weighted by molar-refractivity contribution is 6.28. The average molecular weight is 492 g/mol. The van der Waals surface area contributed by atoms with Gasteiger partial charge in [-0.15, -0.1) is 0 Å². The van der Waals surface area contributed by atoms with Crippen LogP contribution in [0, 0.1) is 39.6 Å². The summed E-state index contributed by atoms with van der Waals surface area (Å²) in [6, 6.07) is 5.27. The van der Waals surface area contributed by atoms with E-state index in [0.717, 1.165) is 19.0 Å². The highest BCUT2D eigenvalue weighted by atomic mass is 35.5. The standard InChI is InChI=1S/C21H23ClFN7O4/c22-21-26-8-15(23)20(29-21)28-18-14-5-10(17(18)19(24)32)4-11(14)7-25-9-16(31)27-12-2-1-3-13(6-12)30(33)34/h1-3,6,8,10-11,14,17-18,25H,4-5,7,9H2,(H2,24,32)(H,27,31)(H,26,28,29)/t10-,11+,14-,17+,18-/m1/s1. The Bertz CT molecular complexity index is 1120. The first-order valence-electron chi connectivity index (χ1n) is 10.7. The second kappa shape index (κ2) is 9.85. The summed E-state index contributed by atoms with van der Waals surface area (Å²) < 4.78 is 14.2. The molecule has 2 bridgehead atoms. The van der Waals surface area contributed by atoms with E-state index in [4.69, 9.17) is 17.3 Å². The molecule has 0 unspecified atom stereocenters. The number of halogens is 2. The Balaban J connectivity index is 1.35. The topological polar surface area (TPSA) is 165 Å². The molecule has 0 aliphatic heterocycles. The maximum absolute atomic E-state index is 14.2. The third-order valence-corrected chi connectivity index (χ3v) is 6.70. The lowest BCUT2D eigenvalue weighted by Gasteiger charge is -2.35. The van der Waals surface area contributed by atoms with Crippen molar-refractivity contribution >= 4 is 40.6 Å². The SMILES string of the molecule is NC(=O)[C@H]1[C@@H]2C[C@@H](CNCC(=O)Nc3cccc([N+](=O)[O-])c3)[C@@H](C2)[C@H]1Nc1nc(Cl)ncc1F. The molecule has 0 radical (unpaired) electrons. The van der Waals surface area contributed by atoms with Crippen LogP contribution in [0.4, 0.5) is 21.6 Å². The number of carbonyl (C=O) groups is 2. The minimum atomic E-state index is -0.678. The van der Waals surface area contributed by atoms with Gasteiger partial charge in [0.1, 0.15) is 0 Å². The average Bonchev–Trinajstić information content (AvgIpc) is 3.34. The van der Waals surface area contributed by atoms with Gasteiger partial charge >= 0.3 is 0 Å². The molecule has 2 fully saturated rings. The van der Waals surface area contributed by atoms with Crippen molar-refractivity contribution in [2.45, 2.75) is 18.9 Å². The Kier molecular flexibility index (Phi) is 6.89. The van der Waals surface area contributed by atoms with E-state index in [1.165, 1.54) is 18.2 Å². The lowest BCUT2D eigenvalue weighted by Crippen LogP contribution is -2.47. The minimum absolute atomic E-state index is 0.00404. The fourth-order valence-corrected chi connectivity index (χ4v) is 5.35. The van der Waals surface area contributed by atoms with Crippen LogP contribution in [0.2, 0.25) is 5.28 Å². The molecule has 5 N–H and O–H groups in total. The summed E-state index contributed by atoms with van der Waals surface area (Å²) in [4.78, 5) is 42.2.